The van der Waals surface area contributed by atoms with Gasteiger partial charge in [-0.3, -0.25) is 4.79 Å². The topological polar surface area (TPSA) is 180 Å². The lowest BCUT2D eigenvalue weighted by atomic mass is 9.85. The summed E-state index contributed by atoms with van der Waals surface area (Å²) >= 11 is 0. The van der Waals surface area contributed by atoms with E-state index in [4.69, 9.17) is 4.74 Å². The summed E-state index contributed by atoms with van der Waals surface area (Å²) in [5.74, 6) is -0.293. The van der Waals surface area contributed by atoms with Crippen molar-refractivity contribution in [3.8, 4) is 0 Å². The Bertz CT molecular complexity index is 774. The standard InChI is InChI=1S/C40H79NO9/c1-3-5-7-9-11-13-15-17-19-21-23-25-27-29-33(43)41-31(30-50-40-38(48)36(46)35(45)37(47)39(40)49)34(44)32(42)28-26-24-22-20-18-16-14-12-10-8-6-4-2/h31-32,34-40,42,44-49H,3-30H2,1-2H3,(H,41,43)/t31-,32+,34?,35?,36-,37?,38?,39?,40?/m0/s1. The smallest absolute Gasteiger partial charge is 0.220 e. The van der Waals surface area contributed by atoms with Crippen LogP contribution in [-0.2, 0) is 9.53 Å². The molecule has 1 rings (SSSR count). The predicted molar refractivity (Wildman–Crippen MR) is 200 cm³/mol. The van der Waals surface area contributed by atoms with Gasteiger partial charge in [-0.15, -0.1) is 0 Å². The van der Waals surface area contributed by atoms with Crippen molar-refractivity contribution in [2.75, 3.05) is 6.61 Å². The molecule has 1 aliphatic rings. The summed E-state index contributed by atoms with van der Waals surface area (Å²) in [6.07, 6.45) is 17.8. The maximum absolute atomic E-state index is 12.9. The summed E-state index contributed by atoms with van der Waals surface area (Å²) in [7, 11) is 0. The Morgan fingerprint density at radius 3 is 1.26 bits per heavy atom. The molecule has 1 amide bonds. The van der Waals surface area contributed by atoms with Gasteiger partial charge in [0.05, 0.1) is 18.8 Å². The molecule has 298 valence electrons. The second kappa shape index (κ2) is 30.6. The Morgan fingerprint density at radius 1 is 0.520 bits per heavy atom. The number of aliphatic hydroxyl groups is 7. The highest BCUT2D eigenvalue weighted by Crippen LogP contribution is 2.25. The Hall–Kier alpha value is -0.850. The fourth-order valence-electron chi connectivity index (χ4n) is 7.05. The zero-order valence-corrected chi connectivity index (χ0v) is 31.9. The van der Waals surface area contributed by atoms with Crippen LogP contribution in [0, 0.1) is 0 Å². The number of hydrogen-bond donors (Lipinski definition) is 8. The first-order chi connectivity index (χ1) is 24.1. The van der Waals surface area contributed by atoms with Crippen LogP contribution in [0.4, 0.5) is 0 Å². The minimum atomic E-state index is -1.75. The zero-order valence-electron chi connectivity index (χ0n) is 31.9. The van der Waals surface area contributed by atoms with Gasteiger partial charge in [-0.05, 0) is 12.8 Å². The molecule has 9 atom stereocenters. The van der Waals surface area contributed by atoms with Gasteiger partial charge in [0.15, 0.2) is 0 Å². The summed E-state index contributed by atoms with van der Waals surface area (Å²) in [4.78, 5) is 12.9. The molecule has 1 saturated carbocycles. The summed E-state index contributed by atoms with van der Waals surface area (Å²) in [5.41, 5.74) is 0. The molecule has 6 unspecified atom stereocenters. The molecule has 50 heavy (non-hydrogen) atoms. The number of carbonyl (C=O) groups excluding carboxylic acids is 1. The quantitative estimate of drug-likeness (QED) is 0.0380. The molecular formula is C40H79NO9. The summed E-state index contributed by atoms with van der Waals surface area (Å²) in [6.45, 7) is 4.09. The molecule has 0 saturated heterocycles. The monoisotopic (exact) mass is 718 g/mol. The van der Waals surface area contributed by atoms with Crippen molar-refractivity contribution in [3.05, 3.63) is 0 Å². The normalized spacial score (nSPS) is 24.3. The van der Waals surface area contributed by atoms with Crippen molar-refractivity contribution >= 4 is 5.91 Å². The van der Waals surface area contributed by atoms with Crippen molar-refractivity contribution in [2.24, 2.45) is 0 Å². The van der Waals surface area contributed by atoms with E-state index in [1.54, 1.807) is 0 Å². The second-order valence-corrected chi connectivity index (χ2v) is 15.2. The van der Waals surface area contributed by atoms with E-state index in [0.717, 1.165) is 44.9 Å². The maximum Gasteiger partial charge on any atom is 0.220 e. The average Bonchev–Trinajstić information content (AvgIpc) is 3.11. The van der Waals surface area contributed by atoms with Crippen molar-refractivity contribution in [3.63, 3.8) is 0 Å². The lowest BCUT2D eigenvalue weighted by molar-refractivity contribution is -0.237. The number of nitrogens with one attached hydrogen (secondary N) is 1. The van der Waals surface area contributed by atoms with Crippen molar-refractivity contribution in [2.45, 2.75) is 242 Å². The van der Waals surface area contributed by atoms with Gasteiger partial charge in [-0.1, -0.05) is 168 Å². The van der Waals surface area contributed by atoms with Gasteiger partial charge in [0.1, 0.15) is 42.7 Å². The van der Waals surface area contributed by atoms with Crippen LogP contribution in [0.5, 0.6) is 0 Å². The number of unbranched alkanes of at least 4 members (excludes halogenated alkanes) is 23. The van der Waals surface area contributed by atoms with Crippen molar-refractivity contribution < 1.29 is 45.3 Å². The molecule has 0 aromatic carbocycles. The number of carbonyl (C=O) groups is 1. The first-order valence-corrected chi connectivity index (χ1v) is 20.8. The van der Waals surface area contributed by atoms with Crippen molar-refractivity contribution in [1.29, 1.82) is 0 Å². The Morgan fingerprint density at radius 2 is 0.860 bits per heavy atom. The van der Waals surface area contributed by atoms with Crippen molar-refractivity contribution in [1.82, 2.24) is 5.32 Å². The van der Waals surface area contributed by atoms with Crippen LogP contribution in [0.25, 0.3) is 0 Å². The first-order valence-electron chi connectivity index (χ1n) is 20.8. The van der Waals surface area contributed by atoms with E-state index in [9.17, 15) is 40.5 Å². The van der Waals surface area contributed by atoms with E-state index in [2.05, 4.69) is 19.2 Å². The fourth-order valence-corrected chi connectivity index (χ4v) is 7.05. The van der Waals surface area contributed by atoms with Crippen LogP contribution in [0.2, 0.25) is 0 Å². The van der Waals surface area contributed by atoms with Crippen LogP contribution in [0.15, 0.2) is 0 Å². The first kappa shape index (κ1) is 47.2. The predicted octanol–water partition coefficient (Wildman–Crippen LogP) is 5.97. The molecule has 0 aromatic heterocycles. The Labute approximate surface area is 304 Å². The Balaban J connectivity index is 2.47. The molecule has 0 bridgehead atoms. The van der Waals surface area contributed by atoms with E-state index >= 15 is 0 Å². The highest BCUT2D eigenvalue weighted by molar-refractivity contribution is 5.76. The van der Waals surface area contributed by atoms with E-state index < -0.39 is 54.9 Å². The maximum atomic E-state index is 12.9. The lowest BCUT2D eigenvalue weighted by Crippen LogP contribution is -2.65. The van der Waals surface area contributed by atoms with E-state index in [1.807, 2.05) is 0 Å². The molecule has 1 fully saturated rings. The summed E-state index contributed by atoms with van der Waals surface area (Å²) in [6, 6.07) is -1.04. The van der Waals surface area contributed by atoms with Crippen LogP contribution in [-0.4, -0.2) is 103 Å². The number of amides is 1. The molecule has 0 heterocycles. The lowest BCUT2D eigenvalue weighted by Gasteiger charge is -2.42. The van der Waals surface area contributed by atoms with Crippen LogP contribution < -0.4 is 5.32 Å². The highest BCUT2D eigenvalue weighted by atomic mass is 16.5. The molecule has 10 heteroatoms. The van der Waals surface area contributed by atoms with Gasteiger partial charge < -0.3 is 45.8 Å². The van der Waals surface area contributed by atoms with Gasteiger partial charge >= 0.3 is 0 Å². The minimum Gasteiger partial charge on any atom is -0.390 e. The van der Waals surface area contributed by atoms with Gasteiger partial charge in [0.25, 0.3) is 0 Å². The average molecular weight is 718 g/mol. The zero-order chi connectivity index (χ0) is 37.0. The molecule has 8 N–H and O–H groups in total. The number of aliphatic hydroxyl groups excluding tert-OH is 7. The minimum absolute atomic E-state index is 0.258. The second-order valence-electron chi connectivity index (χ2n) is 15.2. The summed E-state index contributed by atoms with van der Waals surface area (Å²) in [5, 5.41) is 75.6. The van der Waals surface area contributed by atoms with Crippen LogP contribution >= 0.6 is 0 Å². The third-order valence-corrected chi connectivity index (χ3v) is 10.6. The molecule has 10 nitrogen and oxygen atoms in total. The largest absolute Gasteiger partial charge is 0.390 e. The number of rotatable bonds is 33. The molecule has 1 aliphatic carbocycles. The van der Waals surface area contributed by atoms with Gasteiger partial charge in [-0.25, -0.2) is 0 Å². The molecule has 0 spiro atoms. The number of hydrogen-bond acceptors (Lipinski definition) is 9. The molecule has 0 aromatic rings. The number of ether oxygens (including phenoxy) is 1. The SMILES string of the molecule is CCCCCCCCCCCCCCCC(=O)N[C@@H](COC1C(O)C(O)C(O)[C@H](O)C1O)C(O)[C@H](O)CCCCCCCCCCCCCC. The van der Waals surface area contributed by atoms with Gasteiger partial charge in [0.2, 0.25) is 5.91 Å². The summed E-state index contributed by atoms with van der Waals surface area (Å²) < 4.78 is 5.65. The third-order valence-electron chi connectivity index (χ3n) is 10.6. The van der Waals surface area contributed by atoms with Gasteiger partial charge in [0, 0.05) is 6.42 Å². The van der Waals surface area contributed by atoms with Crippen LogP contribution in [0.1, 0.15) is 187 Å². The molecule has 0 aliphatic heterocycles. The van der Waals surface area contributed by atoms with E-state index in [0.29, 0.717) is 12.8 Å². The van der Waals surface area contributed by atoms with E-state index in [-0.39, 0.29) is 18.9 Å². The molecular weight excluding hydrogens is 638 g/mol. The fraction of sp³-hybridized carbons (Fsp3) is 0.975. The third kappa shape index (κ3) is 21.0. The van der Waals surface area contributed by atoms with Gasteiger partial charge in [-0.2, -0.15) is 0 Å². The highest BCUT2D eigenvalue weighted by Gasteiger charge is 2.49. The molecule has 0 radical (unpaired) electrons. The van der Waals surface area contributed by atoms with E-state index in [1.165, 1.54) is 109 Å². The Kier molecular flexibility index (Phi) is 28.9. The van der Waals surface area contributed by atoms with Crippen LogP contribution in [0.3, 0.4) is 0 Å².